The highest BCUT2D eigenvalue weighted by atomic mass is 32.1. The van der Waals surface area contributed by atoms with Crippen LogP contribution in [-0.2, 0) is 9.59 Å². The molecule has 2 heterocycles. The summed E-state index contributed by atoms with van der Waals surface area (Å²) >= 11 is 1.43. The average molecular weight is 294 g/mol. The highest BCUT2D eigenvalue weighted by molar-refractivity contribution is 7.15. The van der Waals surface area contributed by atoms with Gasteiger partial charge >= 0.3 is 5.97 Å². The first-order valence-corrected chi connectivity index (χ1v) is 6.80. The zero-order valence-corrected chi connectivity index (χ0v) is 11.6. The van der Waals surface area contributed by atoms with Gasteiger partial charge in [-0.15, -0.1) is 11.3 Å². The van der Waals surface area contributed by atoms with Gasteiger partial charge in [0.25, 0.3) is 0 Å². The van der Waals surface area contributed by atoms with E-state index in [1.807, 2.05) is 12.3 Å². The van der Waals surface area contributed by atoms with Gasteiger partial charge in [0.15, 0.2) is 10.8 Å². The Morgan fingerprint density at radius 1 is 1.60 bits per heavy atom. The number of carboxylic acid groups (broad SMARTS) is 1. The van der Waals surface area contributed by atoms with Crippen LogP contribution in [-0.4, -0.2) is 39.5 Å². The van der Waals surface area contributed by atoms with Crippen LogP contribution in [0.1, 0.15) is 12.6 Å². The largest absolute Gasteiger partial charge is 0.478 e. The van der Waals surface area contributed by atoms with Gasteiger partial charge in [0.05, 0.1) is 12.2 Å². The van der Waals surface area contributed by atoms with Crippen LogP contribution in [0.15, 0.2) is 17.7 Å². The van der Waals surface area contributed by atoms with Gasteiger partial charge in [0, 0.05) is 24.2 Å². The van der Waals surface area contributed by atoms with Crippen molar-refractivity contribution in [1.29, 1.82) is 0 Å². The molecule has 2 rings (SSSR count). The third-order valence-electron chi connectivity index (χ3n) is 2.69. The fourth-order valence-electron chi connectivity index (χ4n) is 1.85. The fourth-order valence-corrected chi connectivity index (χ4v) is 2.57. The molecule has 0 fully saturated rings. The summed E-state index contributed by atoms with van der Waals surface area (Å²) in [6, 6.07) is 0. The quantitative estimate of drug-likeness (QED) is 0.768. The molecule has 0 aliphatic heterocycles. The number of hydrogen-bond acceptors (Lipinski definition) is 5. The number of likely N-dealkylation sites (N-methyl/N-ethyl adjacent to an activating group) is 1. The lowest BCUT2D eigenvalue weighted by Crippen LogP contribution is -2.34. The minimum absolute atomic E-state index is 0.0370. The number of fused-ring (bicyclic) bond motifs is 1. The Morgan fingerprint density at radius 2 is 2.35 bits per heavy atom. The number of thiazole rings is 1. The van der Waals surface area contributed by atoms with E-state index in [9.17, 15) is 9.59 Å². The molecule has 106 valence electrons. The molecule has 0 spiro atoms. The van der Waals surface area contributed by atoms with E-state index in [0.717, 1.165) is 11.0 Å². The molecule has 7 nitrogen and oxygen atoms in total. The molecule has 3 N–H and O–H groups in total. The van der Waals surface area contributed by atoms with E-state index in [0.29, 0.717) is 18.1 Å². The van der Waals surface area contributed by atoms with Crippen molar-refractivity contribution in [3.05, 3.63) is 23.3 Å². The van der Waals surface area contributed by atoms with Crippen molar-refractivity contribution in [3.8, 4) is 0 Å². The number of aliphatic carboxylic acids is 1. The third-order valence-corrected chi connectivity index (χ3v) is 3.45. The van der Waals surface area contributed by atoms with Crippen molar-refractivity contribution in [2.45, 2.75) is 6.92 Å². The monoisotopic (exact) mass is 294 g/mol. The molecule has 2 aromatic heterocycles. The van der Waals surface area contributed by atoms with Gasteiger partial charge < -0.3 is 15.7 Å². The van der Waals surface area contributed by atoms with E-state index in [1.165, 1.54) is 17.4 Å². The number of nitrogens with two attached hydrogens (primary N) is 1. The summed E-state index contributed by atoms with van der Waals surface area (Å²) < 4.78 is 1.78. The van der Waals surface area contributed by atoms with E-state index in [-0.39, 0.29) is 6.54 Å². The Kier molecular flexibility index (Phi) is 4.04. The van der Waals surface area contributed by atoms with E-state index in [1.54, 1.807) is 15.5 Å². The number of nitrogens with zero attached hydrogens (tertiary/aromatic N) is 3. The lowest BCUT2D eigenvalue weighted by Gasteiger charge is -2.19. The number of imidazole rings is 1. The molecular weight excluding hydrogens is 280 g/mol. The highest BCUT2D eigenvalue weighted by Crippen LogP contribution is 2.25. The maximum Gasteiger partial charge on any atom is 0.328 e. The van der Waals surface area contributed by atoms with Crippen molar-refractivity contribution < 1.29 is 14.7 Å². The van der Waals surface area contributed by atoms with Gasteiger partial charge in [-0.3, -0.25) is 9.20 Å². The molecule has 20 heavy (non-hydrogen) atoms. The van der Waals surface area contributed by atoms with Gasteiger partial charge in [-0.25, -0.2) is 9.78 Å². The van der Waals surface area contributed by atoms with Gasteiger partial charge in [-0.2, -0.15) is 0 Å². The maximum absolute atomic E-state index is 11.1. The number of primary amides is 1. The number of rotatable bonds is 6. The molecule has 8 heteroatoms. The lowest BCUT2D eigenvalue weighted by molar-refractivity contribution is -0.131. The Morgan fingerprint density at radius 3 is 2.95 bits per heavy atom. The SMILES string of the molecule is CCN(CC(N)=O)c1nc2sccn2c1/C=C/C(=O)O. The van der Waals surface area contributed by atoms with E-state index in [2.05, 4.69) is 4.98 Å². The smallest absolute Gasteiger partial charge is 0.328 e. The van der Waals surface area contributed by atoms with Crippen LogP contribution in [0.3, 0.4) is 0 Å². The first-order chi connectivity index (χ1) is 9.52. The summed E-state index contributed by atoms with van der Waals surface area (Å²) in [6.07, 6.45) is 4.31. The summed E-state index contributed by atoms with van der Waals surface area (Å²) in [5.41, 5.74) is 5.84. The van der Waals surface area contributed by atoms with E-state index < -0.39 is 11.9 Å². The third kappa shape index (κ3) is 2.80. The number of amides is 1. The summed E-state index contributed by atoms with van der Waals surface area (Å²) in [6.45, 7) is 2.46. The van der Waals surface area contributed by atoms with Crippen LogP contribution in [0, 0.1) is 0 Å². The first kappa shape index (κ1) is 14.1. The van der Waals surface area contributed by atoms with Crippen molar-refractivity contribution in [3.63, 3.8) is 0 Å². The molecule has 0 aliphatic rings. The molecule has 0 bridgehead atoms. The topological polar surface area (TPSA) is 101 Å². The number of aromatic nitrogens is 2. The average Bonchev–Trinajstić information content (AvgIpc) is 2.93. The number of carbonyl (C=O) groups excluding carboxylic acids is 1. The van der Waals surface area contributed by atoms with Crippen molar-refractivity contribution in [2.75, 3.05) is 18.0 Å². The van der Waals surface area contributed by atoms with Crippen molar-refractivity contribution in [2.24, 2.45) is 5.73 Å². The predicted octanol–water partition coefficient (Wildman–Crippen LogP) is 0.805. The Hall–Kier alpha value is -2.35. The van der Waals surface area contributed by atoms with Gasteiger partial charge in [-0.1, -0.05) is 0 Å². The lowest BCUT2D eigenvalue weighted by atomic mass is 10.3. The van der Waals surface area contributed by atoms with Crippen molar-refractivity contribution >= 4 is 40.1 Å². The zero-order chi connectivity index (χ0) is 14.7. The second kappa shape index (κ2) is 5.74. The fraction of sp³-hybridized carbons (Fsp3) is 0.250. The standard InChI is InChI=1S/C12H14N4O3S/c1-2-15(7-9(13)17)11-8(3-4-10(18)19)16-5-6-20-12(16)14-11/h3-6H,2,7H2,1H3,(H2,13,17)(H,18,19)/b4-3+. The molecule has 0 saturated heterocycles. The second-order valence-electron chi connectivity index (χ2n) is 4.03. The molecule has 0 aliphatic carbocycles. The number of hydrogen-bond donors (Lipinski definition) is 2. The predicted molar refractivity (Wildman–Crippen MR) is 76.8 cm³/mol. The summed E-state index contributed by atoms with van der Waals surface area (Å²) in [4.78, 5) is 28.7. The van der Waals surface area contributed by atoms with Crippen LogP contribution in [0.2, 0.25) is 0 Å². The molecule has 0 saturated carbocycles. The Bertz CT molecular complexity index is 673. The molecule has 0 radical (unpaired) electrons. The van der Waals surface area contributed by atoms with Crippen LogP contribution < -0.4 is 10.6 Å². The summed E-state index contributed by atoms with van der Waals surface area (Å²) in [7, 11) is 0. The molecule has 0 atom stereocenters. The normalized spacial score (nSPS) is 11.2. The van der Waals surface area contributed by atoms with Gasteiger partial charge in [0.2, 0.25) is 5.91 Å². The van der Waals surface area contributed by atoms with Crippen LogP contribution in [0.5, 0.6) is 0 Å². The highest BCUT2D eigenvalue weighted by Gasteiger charge is 2.17. The van der Waals surface area contributed by atoms with E-state index >= 15 is 0 Å². The molecule has 0 aromatic carbocycles. The van der Waals surface area contributed by atoms with Crippen LogP contribution in [0.4, 0.5) is 5.82 Å². The van der Waals surface area contributed by atoms with E-state index in [4.69, 9.17) is 10.8 Å². The minimum atomic E-state index is -1.04. The van der Waals surface area contributed by atoms with Crippen molar-refractivity contribution in [1.82, 2.24) is 9.38 Å². The Labute approximate surface area is 118 Å². The summed E-state index contributed by atoms with van der Waals surface area (Å²) in [5, 5.41) is 10.6. The summed E-state index contributed by atoms with van der Waals surface area (Å²) in [5.74, 6) is -0.953. The number of anilines is 1. The first-order valence-electron chi connectivity index (χ1n) is 5.92. The molecule has 0 unspecified atom stereocenters. The number of carbonyl (C=O) groups is 2. The maximum atomic E-state index is 11.1. The minimum Gasteiger partial charge on any atom is -0.478 e. The second-order valence-corrected chi connectivity index (χ2v) is 4.90. The van der Waals surface area contributed by atoms with Crippen LogP contribution >= 0.6 is 11.3 Å². The zero-order valence-electron chi connectivity index (χ0n) is 10.8. The van der Waals surface area contributed by atoms with Gasteiger partial charge in [0.1, 0.15) is 0 Å². The van der Waals surface area contributed by atoms with Gasteiger partial charge in [-0.05, 0) is 13.0 Å². The molecule has 2 aromatic rings. The van der Waals surface area contributed by atoms with Crippen LogP contribution in [0.25, 0.3) is 11.0 Å². The number of carboxylic acids is 1. The molecular formula is C12H14N4O3S. The molecule has 1 amide bonds. The Balaban J connectivity index is 2.50.